The lowest BCUT2D eigenvalue weighted by Crippen LogP contribution is -2.40. The van der Waals surface area contributed by atoms with Gasteiger partial charge in [-0.3, -0.25) is 4.79 Å². The minimum atomic E-state index is -0.0611. The van der Waals surface area contributed by atoms with Gasteiger partial charge in [-0.1, -0.05) is 0 Å². The Morgan fingerprint density at radius 3 is 2.80 bits per heavy atom. The van der Waals surface area contributed by atoms with E-state index in [1.807, 2.05) is 19.9 Å². The van der Waals surface area contributed by atoms with Gasteiger partial charge in [-0.2, -0.15) is 0 Å². The molecule has 3 unspecified atom stereocenters. The lowest BCUT2D eigenvalue weighted by molar-refractivity contribution is -0.118. The molecule has 0 aromatic heterocycles. The fraction of sp³-hybridized carbons (Fsp3) is 0.727. The molecule has 2 rings (SSSR count). The van der Waals surface area contributed by atoms with Crippen LogP contribution in [0, 0.1) is 0 Å². The number of rotatable bonds is 3. The van der Waals surface area contributed by atoms with Gasteiger partial charge in [-0.05, 0) is 32.8 Å². The Balaban J connectivity index is 1.95. The van der Waals surface area contributed by atoms with E-state index < -0.39 is 0 Å². The summed E-state index contributed by atoms with van der Waals surface area (Å²) in [6, 6.07) is -0.0146. The summed E-state index contributed by atoms with van der Waals surface area (Å²) in [4.78, 5) is 11.8. The summed E-state index contributed by atoms with van der Waals surface area (Å²) < 4.78 is 5.56. The highest BCUT2D eigenvalue weighted by Gasteiger charge is 2.37. The minimum Gasteiger partial charge on any atom is -0.366 e. The molecule has 0 radical (unpaired) electrons. The molecule has 2 aliphatic rings. The summed E-state index contributed by atoms with van der Waals surface area (Å²) >= 11 is 5.89. The topological polar surface area (TPSA) is 38.3 Å². The maximum absolute atomic E-state index is 11.8. The van der Waals surface area contributed by atoms with Gasteiger partial charge in [0.1, 0.15) is 0 Å². The van der Waals surface area contributed by atoms with Crippen molar-refractivity contribution < 1.29 is 9.53 Å². The second-order valence-electron chi connectivity index (χ2n) is 4.30. The summed E-state index contributed by atoms with van der Waals surface area (Å²) in [6.07, 6.45) is 4.14. The molecule has 4 atom stereocenters. The van der Waals surface area contributed by atoms with E-state index in [0.29, 0.717) is 0 Å². The van der Waals surface area contributed by atoms with Gasteiger partial charge < -0.3 is 10.1 Å². The predicted octanol–water partition coefficient (Wildman–Crippen LogP) is 1.61. The van der Waals surface area contributed by atoms with Crippen LogP contribution in [-0.4, -0.2) is 29.5 Å². The van der Waals surface area contributed by atoms with Crippen LogP contribution in [0.15, 0.2) is 11.6 Å². The van der Waals surface area contributed by atoms with Gasteiger partial charge in [0.15, 0.2) is 0 Å². The largest absolute Gasteiger partial charge is 0.366 e. The lowest BCUT2D eigenvalue weighted by Gasteiger charge is -2.18. The van der Waals surface area contributed by atoms with Crippen molar-refractivity contribution in [2.75, 3.05) is 0 Å². The Morgan fingerprint density at radius 1 is 1.60 bits per heavy atom. The number of amides is 1. The first-order valence-corrected chi connectivity index (χ1v) is 5.83. The van der Waals surface area contributed by atoms with Gasteiger partial charge in [0.2, 0.25) is 5.91 Å². The highest BCUT2D eigenvalue weighted by Crippen LogP contribution is 2.33. The SMILES string of the molecule is CC(NC(=O)C1=CC2CCC1O2)[C@@H](C)Cl. The molecule has 0 aromatic rings. The number of ether oxygens (including phenoxy) is 1. The maximum Gasteiger partial charge on any atom is 0.249 e. The zero-order valence-electron chi connectivity index (χ0n) is 9.00. The number of hydrogen-bond acceptors (Lipinski definition) is 2. The van der Waals surface area contributed by atoms with Crippen molar-refractivity contribution in [2.24, 2.45) is 0 Å². The molecule has 84 valence electrons. The third-order valence-electron chi connectivity index (χ3n) is 3.07. The summed E-state index contributed by atoms with van der Waals surface area (Å²) in [7, 11) is 0. The molecule has 3 nitrogen and oxygen atoms in total. The van der Waals surface area contributed by atoms with Crippen molar-refractivity contribution in [3.63, 3.8) is 0 Å². The molecular formula is C11H16ClNO2. The molecular weight excluding hydrogens is 214 g/mol. The normalized spacial score (nSPS) is 32.3. The van der Waals surface area contributed by atoms with Crippen LogP contribution in [0.1, 0.15) is 26.7 Å². The van der Waals surface area contributed by atoms with Crippen molar-refractivity contribution in [1.29, 1.82) is 0 Å². The number of alkyl halides is 1. The fourth-order valence-electron chi connectivity index (χ4n) is 1.95. The summed E-state index contributed by atoms with van der Waals surface area (Å²) in [5.74, 6) is -0.0257. The minimum absolute atomic E-state index is 0.0146. The van der Waals surface area contributed by atoms with Crippen molar-refractivity contribution in [1.82, 2.24) is 5.32 Å². The van der Waals surface area contributed by atoms with Crippen LogP contribution in [0.3, 0.4) is 0 Å². The third kappa shape index (κ3) is 2.18. The molecule has 2 heterocycles. The van der Waals surface area contributed by atoms with Crippen molar-refractivity contribution >= 4 is 17.5 Å². The summed E-state index contributed by atoms with van der Waals surface area (Å²) in [6.45, 7) is 3.78. The monoisotopic (exact) mass is 229 g/mol. The summed E-state index contributed by atoms with van der Waals surface area (Å²) in [5.41, 5.74) is 0.787. The molecule has 2 bridgehead atoms. The molecule has 0 saturated carbocycles. The van der Waals surface area contributed by atoms with Gasteiger partial charge in [0, 0.05) is 11.6 Å². The molecule has 4 heteroatoms. The van der Waals surface area contributed by atoms with E-state index in [4.69, 9.17) is 16.3 Å². The van der Waals surface area contributed by atoms with Crippen LogP contribution in [0.5, 0.6) is 0 Å². The Morgan fingerprint density at radius 2 is 2.33 bits per heavy atom. The molecule has 1 saturated heterocycles. The van der Waals surface area contributed by atoms with Crippen LogP contribution in [-0.2, 0) is 9.53 Å². The van der Waals surface area contributed by atoms with Crippen molar-refractivity contribution in [3.8, 4) is 0 Å². The van der Waals surface area contributed by atoms with E-state index in [1.54, 1.807) is 0 Å². The zero-order chi connectivity index (χ0) is 11.0. The van der Waals surface area contributed by atoms with E-state index in [1.165, 1.54) is 0 Å². The first-order chi connectivity index (χ1) is 7.08. The zero-order valence-corrected chi connectivity index (χ0v) is 9.75. The standard InChI is InChI=1S/C11H16ClNO2/c1-6(12)7(2)13-11(14)9-5-8-3-4-10(9)15-8/h5-8,10H,3-4H2,1-2H3,(H,13,14)/t6-,7?,8?,10?/m1/s1. The molecule has 1 amide bonds. The van der Waals surface area contributed by atoms with E-state index in [2.05, 4.69) is 5.32 Å². The van der Waals surface area contributed by atoms with E-state index in [0.717, 1.165) is 18.4 Å². The number of carbonyl (C=O) groups excluding carboxylic acids is 1. The van der Waals surface area contributed by atoms with E-state index in [9.17, 15) is 4.79 Å². The quantitative estimate of drug-likeness (QED) is 0.747. The Labute approximate surface area is 94.8 Å². The average molecular weight is 230 g/mol. The first kappa shape index (κ1) is 11.0. The van der Waals surface area contributed by atoms with Crippen molar-refractivity contribution in [3.05, 3.63) is 11.6 Å². The molecule has 1 N–H and O–H groups in total. The van der Waals surface area contributed by atoms with Crippen molar-refractivity contribution in [2.45, 2.75) is 50.3 Å². The number of carbonyl (C=O) groups is 1. The van der Waals surface area contributed by atoms with Gasteiger partial charge >= 0.3 is 0 Å². The Kier molecular flexibility index (Phi) is 3.03. The predicted molar refractivity (Wildman–Crippen MR) is 58.9 cm³/mol. The molecule has 1 fully saturated rings. The molecule has 0 spiro atoms. The molecule has 0 aliphatic carbocycles. The van der Waals surface area contributed by atoms with Crippen LogP contribution in [0.4, 0.5) is 0 Å². The number of nitrogens with one attached hydrogen (secondary N) is 1. The average Bonchev–Trinajstić information content (AvgIpc) is 2.78. The van der Waals surface area contributed by atoms with E-state index >= 15 is 0 Å². The third-order valence-corrected chi connectivity index (χ3v) is 3.45. The van der Waals surface area contributed by atoms with Crippen LogP contribution < -0.4 is 5.32 Å². The lowest BCUT2D eigenvalue weighted by atomic mass is 9.98. The van der Waals surface area contributed by atoms with Gasteiger partial charge in [-0.25, -0.2) is 0 Å². The highest BCUT2D eigenvalue weighted by atomic mass is 35.5. The van der Waals surface area contributed by atoms with Crippen LogP contribution in [0.25, 0.3) is 0 Å². The maximum atomic E-state index is 11.8. The van der Waals surface area contributed by atoms with E-state index in [-0.39, 0.29) is 29.5 Å². The number of fused-ring (bicyclic) bond motifs is 2. The summed E-state index contributed by atoms with van der Waals surface area (Å²) in [5, 5.41) is 2.83. The Hall–Kier alpha value is -0.540. The molecule has 15 heavy (non-hydrogen) atoms. The van der Waals surface area contributed by atoms with Gasteiger partial charge in [0.25, 0.3) is 0 Å². The van der Waals surface area contributed by atoms with Crippen LogP contribution in [0.2, 0.25) is 0 Å². The Bertz CT molecular complexity index is 301. The number of hydrogen-bond donors (Lipinski definition) is 1. The molecule has 2 aliphatic heterocycles. The highest BCUT2D eigenvalue weighted by molar-refractivity contribution is 6.21. The smallest absolute Gasteiger partial charge is 0.249 e. The molecule has 0 aromatic carbocycles. The van der Waals surface area contributed by atoms with Crippen LogP contribution >= 0.6 is 11.6 Å². The number of halogens is 1. The van der Waals surface area contributed by atoms with Gasteiger partial charge in [0.05, 0.1) is 17.6 Å². The second kappa shape index (κ2) is 4.14. The van der Waals surface area contributed by atoms with Gasteiger partial charge in [-0.15, -0.1) is 11.6 Å². The fourth-order valence-corrected chi connectivity index (χ4v) is 2.01. The first-order valence-electron chi connectivity index (χ1n) is 5.40. The second-order valence-corrected chi connectivity index (χ2v) is 4.99.